The Hall–Kier alpha value is -2.03. The van der Waals surface area contributed by atoms with Crippen molar-refractivity contribution in [2.24, 2.45) is 0 Å². The van der Waals surface area contributed by atoms with E-state index in [1.165, 1.54) is 238 Å². The summed E-state index contributed by atoms with van der Waals surface area (Å²) < 4.78 is 30.4. The van der Waals surface area contributed by atoms with Gasteiger partial charge in [0.15, 0.2) is 0 Å². The summed E-state index contributed by atoms with van der Waals surface area (Å²) in [7, 11) is 1.19. The van der Waals surface area contributed by atoms with Gasteiger partial charge in [0.2, 0.25) is 5.91 Å². The number of rotatable bonds is 66. The van der Waals surface area contributed by atoms with Crippen LogP contribution >= 0.6 is 7.82 Å². The summed E-state index contributed by atoms with van der Waals surface area (Å²) in [5, 5.41) is 3.04. The average molecular weight is 1190 g/mol. The van der Waals surface area contributed by atoms with Gasteiger partial charge in [0, 0.05) is 12.8 Å². The van der Waals surface area contributed by atoms with Gasteiger partial charge >= 0.3 is 5.97 Å². The number of hydrogen-bond acceptors (Lipinski definition) is 7. The highest BCUT2D eigenvalue weighted by molar-refractivity contribution is 7.45. The molecule has 0 fully saturated rings. The number of likely N-dealkylation sites (N-methyl/N-ethyl adjacent to an activating group) is 1. The SMILES string of the molecule is CCCCC/C=C\C/C=C\C/C=C\CCCCCCCCC(=O)OC(/C=C\CCCCCCCCCCC)C(COP(=O)([O-])OCC[N+](C)(C)C)NC(=O)CCCCCCCCCCCCCCCCCCCCCCCCCCCCC. The minimum Gasteiger partial charge on any atom is -0.756 e. The number of unbranched alkanes of at least 4 members (excludes halogenated alkanes) is 44. The third-order valence-corrected chi connectivity index (χ3v) is 17.2. The van der Waals surface area contributed by atoms with Crippen LogP contribution in [0.25, 0.3) is 0 Å². The Labute approximate surface area is 516 Å². The maximum Gasteiger partial charge on any atom is 0.306 e. The number of phosphoric ester groups is 1. The number of hydrogen-bond donors (Lipinski definition) is 1. The quantitative estimate of drug-likeness (QED) is 0.0212. The smallest absolute Gasteiger partial charge is 0.306 e. The molecule has 83 heavy (non-hydrogen) atoms. The van der Waals surface area contributed by atoms with Crippen molar-refractivity contribution in [1.29, 1.82) is 0 Å². The fourth-order valence-electron chi connectivity index (χ4n) is 10.7. The van der Waals surface area contributed by atoms with Crippen LogP contribution in [-0.4, -0.2) is 69.4 Å². The Balaban J connectivity index is 4.96. The van der Waals surface area contributed by atoms with Crippen LogP contribution in [-0.2, 0) is 27.9 Å². The number of nitrogens with zero attached hydrogens (tertiary/aromatic N) is 1. The van der Waals surface area contributed by atoms with Crippen molar-refractivity contribution in [2.45, 2.75) is 367 Å². The van der Waals surface area contributed by atoms with Gasteiger partial charge in [0.05, 0.1) is 33.8 Å². The first kappa shape index (κ1) is 81.0. The molecule has 0 radical (unpaired) electrons. The van der Waals surface area contributed by atoms with E-state index in [1.54, 1.807) is 0 Å². The number of esters is 1. The van der Waals surface area contributed by atoms with E-state index in [-0.39, 0.29) is 31.5 Å². The maximum atomic E-state index is 13.6. The second kappa shape index (κ2) is 63.0. The van der Waals surface area contributed by atoms with Crippen LogP contribution in [0.1, 0.15) is 355 Å². The first-order chi connectivity index (χ1) is 40.4. The summed E-state index contributed by atoms with van der Waals surface area (Å²) in [6.45, 7) is 6.85. The van der Waals surface area contributed by atoms with Crippen molar-refractivity contribution in [1.82, 2.24) is 5.32 Å². The largest absolute Gasteiger partial charge is 0.756 e. The van der Waals surface area contributed by atoms with Gasteiger partial charge in [-0.15, -0.1) is 0 Å². The number of amides is 1. The highest BCUT2D eigenvalue weighted by Crippen LogP contribution is 2.38. The molecule has 0 aliphatic heterocycles. The lowest BCUT2D eigenvalue weighted by Gasteiger charge is -2.30. The second-order valence-electron chi connectivity index (χ2n) is 25.7. The Kier molecular flexibility index (Phi) is 61.5. The zero-order chi connectivity index (χ0) is 60.7. The lowest BCUT2D eigenvalue weighted by molar-refractivity contribution is -0.870. The van der Waals surface area contributed by atoms with Crippen molar-refractivity contribution in [3.63, 3.8) is 0 Å². The minimum absolute atomic E-state index is 0.0232. The summed E-state index contributed by atoms with van der Waals surface area (Å²) in [5.74, 6) is -0.540. The first-order valence-corrected chi connectivity index (χ1v) is 37.4. The van der Waals surface area contributed by atoms with E-state index < -0.39 is 20.0 Å². The fraction of sp³-hybridized carbons (Fsp3) is 0.863. The van der Waals surface area contributed by atoms with Crippen molar-refractivity contribution in [2.75, 3.05) is 40.9 Å². The Morgan fingerprint density at radius 3 is 1.12 bits per heavy atom. The summed E-state index contributed by atoms with van der Waals surface area (Å²) in [4.78, 5) is 40.1. The molecule has 0 aliphatic carbocycles. The van der Waals surface area contributed by atoms with Crippen molar-refractivity contribution in [3.05, 3.63) is 48.6 Å². The van der Waals surface area contributed by atoms with Gasteiger partial charge in [-0.25, -0.2) is 0 Å². The maximum absolute atomic E-state index is 13.6. The van der Waals surface area contributed by atoms with E-state index in [4.69, 9.17) is 13.8 Å². The molecule has 1 N–H and O–H groups in total. The molecule has 9 nitrogen and oxygen atoms in total. The van der Waals surface area contributed by atoms with Gasteiger partial charge in [0.1, 0.15) is 19.3 Å². The topological polar surface area (TPSA) is 114 Å². The number of quaternary nitrogens is 1. The van der Waals surface area contributed by atoms with E-state index in [0.717, 1.165) is 83.5 Å². The second-order valence-corrected chi connectivity index (χ2v) is 27.2. The molecule has 0 saturated carbocycles. The van der Waals surface area contributed by atoms with Gasteiger partial charge in [-0.3, -0.25) is 14.2 Å². The highest BCUT2D eigenvalue weighted by atomic mass is 31.2. The highest BCUT2D eigenvalue weighted by Gasteiger charge is 2.27. The van der Waals surface area contributed by atoms with Crippen LogP contribution in [0.5, 0.6) is 0 Å². The summed E-state index contributed by atoms with van der Waals surface area (Å²) in [6.07, 6.45) is 79.6. The van der Waals surface area contributed by atoms with E-state index in [2.05, 4.69) is 62.5 Å². The van der Waals surface area contributed by atoms with E-state index in [9.17, 15) is 19.0 Å². The molecule has 0 spiro atoms. The van der Waals surface area contributed by atoms with Crippen molar-refractivity contribution < 1.29 is 37.3 Å². The third-order valence-electron chi connectivity index (χ3n) is 16.3. The molecule has 3 atom stereocenters. The molecule has 0 rings (SSSR count). The molecule has 0 aromatic heterocycles. The van der Waals surface area contributed by atoms with Gasteiger partial charge in [-0.05, 0) is 70.3 Å². The average Bonchev–Trinajstić information content (AvgIpc) is 3.51. The number of phosphoric acid groups is 1. The predicted octanol–water partition coefficient (Wildman–Crippen LogP) is 22.2. The summed E-state index contributed by atoms with van der Waals surface area (Å²) in [5.41, 5.74) is 0. The molecule has 1 amide bonds. The number of carbonyl (C=O) groups excluding carboxylic acids is 2. The monoisotopic (exact) mass is 1190 g/mol. The third kappa shape index (κ3) is 64.3. The predicted molar refractivity (Wildman–Crippen MR) is 358 cm³/mol. The Morgan fingerprint density at radius 1 is 0.422 bits per heavy atom. The van der Waals surface area contributed by atoms with Crippen LogP contribution in [0.2, 0.25) is 0 Å². The first-order valence-electron chi connectivity index (χ1n) is 35.9. The molecule has 0 bridgehead atoms. The Morgan fingerprint density at radius 2 is 0.735 bits per heavy atom. The molecule has 0 aliphatic rings. The van der Waals surface area contributed by atoms with E-state index in [1.807, 2.05) is 33.3 Å². The van der Waals surface area contributed by atoms with E-state index >= 15 is 0 Å². The normalized spacial score (nSPS) is 13.8. The van der Waals surface area contributed by atoms with Crippen molar-refractivity contribution in [3.8, 4) is 0 Å². The van der Waals surface area contributed by atoms with Crippen LogP contribution < -0.4 is 10.2 Å². The van der Waals surface area contributed by atoms with Crippen LogP contribution in [0, 0.1) is 0 Å². The number of nitrogens with one attached hydrogen (secondary N) is 1. The minimum atomic E-state index is -4.70. The van der Waals surface area contributed by atoms with Gasteiger partial charge in [-0.1, -0.05) is 320 Å². The van der Waals surface area contributed by atoms with Gasteiger partial charge in [0.25, 0.3) is 7.82 Å². The fourth-order valence-corrected chi connectivity index (χ4v) is 11.4. The molecule has 0 saturated heterocycles. The molecular weight excluding hydrogens is 1050 g/mol. The summed E-state index contributed by atoms with van der Waals surface area (Å²) in [6, 6.07) is -0.892. The van der Waals surface area contributed by atoms with Crippen LogP contribution in [0.15, 0.2) is 48.6 Å². The molecular formula is C73H139N2O7P. The molecule has 488 valence electrons. The number of carbonyl (C=O) groups is 2. The molecule has 0 heterocycles. The molecule has 10 heteroatoms. The van der Waals surface area contributed by atoms with E-state index in [0.29, 0.717) is 17.4 Å². The lowest BCUT2D eigenvalue weighted by Crippen LogP contribution is -2.47. The zero-order valence-corrected chi connectivity index (χ0v) is 56.8. The number of allylic oxidation sites excluding steroid dienone is 7. The van der Waals surface area contributed by atoms with Gasteiger partial charge < -0.3 is 28.5 Å². The summed E-state index contributed by atoms with van der Waals surface area (Å²) >= 11 is 0. The zero-order valence-electron chi connectivity index (χ0n) is 55.9. The Bertz CT molecular complexity index is 1560. The van der Waals surface area contributed by atoms with Gasteiger partial charge in [-0.2, -0.15) is 0 Å². The van der Waals surface area contributed by atoms with Crippen molar-refractivity contribution >= 4 is 19.7 Å². The molecule has 3 unspecified atom stereocenters. The molecule has 0 aromatic carbocycles. The standard InChI is InChI=1S/C73H139N2O7P/c1-7-10-13-16-19-22-25-27-29-31-33-34-35-36-37-38-39-40-42-43-45-47-50-53-56-59-62-65-72(76)74-70(69-81-83(78,79)80-68-67-75(4,5)6)71(64-61-58-55-52-49-24-21-18-15-12-9-3)82-73(77)66-63-60-57-54-51-48-46-44-41-32-30-28-26-23-20-17-14-11-8-2/h20,23,28,30,41,44,61,64,70-71H,7-19,21-22,24-27,29,31-40,42-43,45-60,62-63,65-69H2,1-6H3,(H-,74,76,78,79)/b23-20-,30-28-,44-41-,64-61-. The number of ether oxygens (including phenoxy) is 1. The van der Waals surface area contributed by atoms with Crippen LogP contribution in [0.3, 0.4) is 0 Å². The van der Waals surface area contributed by atoms with Crippen LogP contribution in [0.4, 0.5) is 0 Å². The lowest BCUT2D eigenvalue weighted by atomic mass is 10.0. The molecule has 0 aromatic rings.